The molecule has 0 saturated carbocycles. The molecule has 138 valence electrons. The Morgan fingerprint density at radius 3 is 2.74 bits per heavy atom. The highest BCUT2D eigenvalue weighted by Crippen LogP contribution is 2.41. The van der Waals surface area contributed by atoms with Crippen LogP contribution >= 0.6 is 0 Å². The molecule has 2 aromatic carbocycles. The lowest BCUT2D eigenvalue weighted by Gasteiger charge is -2.17. The minimum Gasteiger partial charge on any atom is -0.507 e. The molecule has 0 unspecified atom stereocenters. The number of carbonyl (C=O) groups is 1. The van der Waals surface area contributed by atoms with E-state index in [4.69, 9.17) is 14.2 Å². The number of likely N-dealkylation sites (tertiary alicyclic amines) is 1. The molecular formula is C21H19NO5. The summed E-state index contributed by atoms with van der Waals surface area (Å²) in [5.74, 6) is 2.05. The van der Waals surface area contributed by atoms with Gasteiger partial charge in [0.05, 0.1) is 11.1 Å². The van der Waals surface area contributed by atoms with Gasteiger partial charge in [-0.1, -0.05) is 6.07 Å². The maximum Gasteiger partial charge on any atom is 0.231 e. The molecule has 1 N–H and O–H groups in total. The summed E-state index contributed by atoms with van der Waals surface area (Å²) >= 11 is 0. The minimum atomic E-state index is -0.176. The average molecular weight is 365 g/mol. The molecule has 0 aromatic heterocycles. The molecule has 0 spiro atoms. The van der Waals surface area contributed by atoms with Crippen molar-refractivity contribution >= 4 is 11.9 Å². The maximum atomic E-state index is 12.8. The first-order valence-corrected chi connectivity index (χ1v) is 9.10. The van der Waals surface area contributed by atoms with Crippen LogP contribution < -0.4 is 14.2 Å². The second kappa shape index (κ2) is 6.32. The summed E-state index contributed by atoms with van der Waals surface area (Å²) in [7, 11) is 0. The average Bonchev–Trinajstić information content (AvgIpc) is 3.39. The third-order valence-corrected chi connectivity index (χ3v) is 5.19. The van der Waals surface area contributed by atoms with Crippen LogP contribution in [0.1, 0.15) is 34.3 Å². The topological polar surface area (TPSA) is 68.2 Å². The first kappa shape index (κ1) is 16.2. The fourth-order valence-electron chi connectivity index (χ4n) is 3.77. The fraction of sp³-hybridized carbons (Fsp3) is 0.286. The van der Waals surface area contributed by atoms with Crippen molar-refractivity contribution < 1.29 is 24.1 Å². The molecule has 0 bridgehead atoms. The summed E-state index contributed by atoms with van der Waals surface area (Å²) in [6.07, 6.45) is 4.01. The van der Waals surface area contributed by atoms with E-state index in [2.05, 4.69) is 4.90 Å². The van der Waals surface area contributed by atoms with Gasteiger partial charge in [-0.2, -0.15) is 0 Å². The molecule has 1 fully saturated rings. The van der Waals surface area contributed by atoms with Gasteiger partial charge in [0.25, 0.3) is 0 Å². The van der Waals surface area contributed by atoms with Gasteiger partial charge in [0.15, 0.2) is 17.3 Å². The highest BCUT2D eigenvalue weighted by Gasteiger charge is 2.32. The lowest BCUT2D eigenvalue weighted by Crippen LogP contribution is -2.18. The van der Waals surface area contributed by atoms with Crippen LogP contribution in [0.15, 0.2) is 36.1 Å². The number of Topliss-reactive ketones (excluding diaryl/α,β-unsaturated/α-hetero) is 1. The summed E-state index contributed by atoms with van der Waals surface area (Å²) in [4.78, 5) is 15.1. The van der Waals surface area contributed by atoms with Gasteiger partial charge in [-0.3, -0.25) is 9.69 Å². The number of ketones is 1. The van der Waals surface area contributed by atoms with Crippen molar-refractivity contribution in [1.29, 1.82) is 0 Å². The van der Waals surface area contributed by atoms with E-state index in [9.17, 15) is 9.90 Å². The summed E-state index contributed by atoms with van der Waals surface area (Å²) < 4.78 is 16.6. The van der Waals surface area contributed by atoms with Crippen LogP contribution in [0.4, 0.5) is 0 Å². The predicted octanol–water partition coefficient (Wildman–Crippen LogP) is 3.33. The van der Waals surface area contributed by atoms with E-state index in [0.717, 1.165) is 31.5 Å². The number of fused-ring (bicyclic) bond motifs is 2. The zero-order chi connectivity index (χ0) is 18.4. The standard InChI is InChI=1S/C21H19NO5/c23-16-5-4-14-20(24)19(10-13-3-6-17-18(9-13)26-12-25-17)27-21(14)15(16)11-22-7-1-2-8-22/h3-6,9-10,23H,1-2,7-8,11-12H2. The van der Waals surface area contributed by atoms with E-state index >= 15 is 0 Å². The quantitative estimate of drug-likeness (QED) is 0.842. The van der Waals surface area contributed by atoms with E-state index in [0.29, 0.717) is 34.9 Å². The molecule has 0 aliphatic carbocycles. The lowest BCUT2D eigenvalue weighted by atomic mass is 10.0. The van der Waals surface area contributed by atoms with Crippen LogP contribution in [0.5, 0.6) is 23.0 Å². The number of ether oxygens (including phenoxy) is 3. The van der Waals surface area contributed by atoms with Gasteiger partial charge in [-0.15, -0.1) is 0 Å². The molecule has 3 heterocycles. The van der Waals surface area contributed by atoms with Crippen molar-refractivity contribution in [3.05, 3.63) is 52.8 Å². The highest BCUT2D eigenvalue weighted by molar-refractivity contribution is 6.15. The first-order valence-electron chi connectivity index (χ1n) is 9.10. The summed E-state index contributed by atoms with van der Waals surface area (Å²) in [5.41, 5.74) is 1.96. The van der Waals surface area contributed by atoms with Crippen molar-refractivity contribution in [1.82, 2.24) is 4.90 Å². The van der Waals surface area contributed by atoms with Gasteiger partial charge in [0.1, 0.15) is 11.5 Å². The first-order chi connectivity index (χ1) is 13.2. The van der Waals surface area contributed by atoms with E-state index in [-0.39, 0.29) is 24.1 Å². The van der Waals surface area contributed by atoms with Crippen LogP contribution in [-0.4, -0.2) is 35.7 Å². The van der Waals surface area contributed by atoms with E-state index in [1.165, 1.54) is 0 Å². The largest absolute Gasteiger partial charge is 0.507 e. The van der Waals surface area contributed by atoms with Crippen molar-refractivity contribution in [2.75, 3.05) is 19.9 Å². The third-order valence-electron chi connectivity index (χ3n) is 5.19. The third kappa shape index (κ3) is 2.82. The van der Waals surface area contributed by atoms with E-state index < -0.39 is 0 Å². The minimum absolute atomic E-state index is 0.165. The predicted molar refractivity (Wildman–Crippen MR) is 98.1 cm³/mol. The number of hydrogen-bond acceptors (Lipinski definition) is 6. The zero-order valence-electron chi connectivity index (χ0n) is 14.7. The van der Waals surface area contributed by atoms with Crippen LogP contribution in [0.2, 0.25) is 0 Å². The molecule has 27 heavy (non-hydrogen) atoms. The lowest BCUT2D eigenvalue weighted by molar-refractivity contribution is 0.101. The Morgan fingerprint density at radius 1 is 1.07 bits per heavy atom. The molecule has 0 atom stereocenters. The number of rotatable bonds is 3. The van der Waals surface area contributed by atoms with Crippen molar-refractivity contribution in [2.45, 2.75) is 19.4 Å². The van der Waals surface area contributed by atoms with Gasteiger partial charge in [-0.05, 0) is 61.8 Å². The normalized spacial score (nSPS) is 19.6. The SMILES string of the molecule is O=C1C(=Cc2ccc3c(c2)OCO3)Oc2c1ccc(O)c2CN1CCCC1. The van der Waals surface area contributed by atoms with Gasteiger partial charge in [0, 0.05) is 6.54 Å². The number of nitrogens with zero attached hydrogens (tertiary/aromatic N) is 1. The Labute approximate surface area is 156 Å². The van der Waals surface area contributed by atoms with Crippen molar-refractivity contribution in [2.24, 2.45) is 0 Å². The molecule has 0 radical (unpaired) electrons. The second-order valence-corrected chi connectivity index (χ2v) is 6.98. The molecular weight excluding hydrogens is 346 g/mol. The van der Waals surface area contributed by atoms with Gasteiger partial charge >= 0.3 is 0 Å². The smallest absolute Gasteiger partial charge is 0.231 e. The van der Waals surface area contributed by atoms with Crippen LogP contribution in [0.25, 0.3) is 6.08 Å². The fourth-order valence-corrected chi connectivity index (χ4v) is 3.77. The Balaban J connectivity index is 1.47. The Bertz CT molecular complexity index is 959. The van der Waals surface area contributed by atoms with Crippen LogP contribution in [-0.2, 0) is 6.54 Å². The number of carbonyl (C=O) groups excluding carboxylic acids is 1. The maximum absolute atomic E-state index is 12.8. The van der Waals surface area contributed by atoms with E-state index in [1.807, 2.05) is 18.2 Å². The van der Waals surface area contributed by atoms with Crippen LogP contribution in [0.3, 0.4) is 0 Å². The number of phenolic OH excluding ortho intramolecular Hbond substituents is 1. The molecule has 6 nitrogen and oxygen atoms in total. The molecule has 6 heteroatoms. The number of hydrogen-bond donors (Lipinski definition) is 1. The molecule has 1 saturated heterocycles. The number of phenols is 1. The molecule has 3 aliphatic rings. The van der Waals surface area contributed by atoms with Gasteiger partial charge < -0.3 is 19.3 Å². The summed E-state index contributed by atoms with van der Waals surface area (Å²) in [5, 5.41) is 10.3. The van der Waals surface area contributed by atoms with Crippen molar-refractivity contribution in [3.63, 3.8) is 0 Å². The van der Waals surface area contributed by atoms with Gasteiger partial charge in [0.2, 0.25) is 12.6 Å². The zero-order valence-corrected chi connectivity index (χ0v) is 14.7. The second-order valence-electron chi connectivity index (χ2n) is 6.98. The van der Waals surface area contributed by atoms with E-state index in [1.54, 1.807) is 18.2 Å². The molecule has 0 amide bonds. The monoisotopic (exact) mass is 365 g/mol. The Hall–Kier alpha value is -2.99. The van der Waals surface area contributed by atoms with Crippen molar-refractivity contribution in [3.8, 4) is 23.0 Å². The highest BCUT2D eigenvalue weighted by atomic mass is 16.7. The number of allylic oxidation sites excluding steroid dienone is 1. The summed E-state index contributed by atoms with van der Waals surface area (Å²) in [6.45, 7) is 2.78. The molecule has 5 rings (SSSR count). The Morgan fingerprint density at radius 2 is 1.89 bits per heavy atom. The van der Waals surface area contributed by atoms with Crippen LogP contribution in [0, 0.1) is 0 Å². The molecule has 2 aromatic rings. The molecule has 3 aliphatic heterocycles. The van der Waals surface area contributed by atoms with Gasteiger partial charge in [-0.25, -0.2) is 0 Å². The number of aromatic hydroxyl groups is 1. The summed E-state index contributed by atoms with van der Waals surface area (Å²) in [6, 6.07) is 8.68. The number of benzene rings is 2. The Kier molecular flexibility index (Phi) is 3.79.